The molecule has 0 bridgehead atoms. The Morgan fingerprint density at radius 2 is 1.94 bits per heavy atom. The molecule has 0 saturated carbocycles. The average Bonchev–Trinajstić information content (AvgIpc) is 2.64. The minimum absolute atomic E-state index is 0. The zero-order valence-corrected chi connectivity index (χ0v) is 13.8. The van der Waals surface area contributed by atoms with E-state index in [9.17, 15) is 9.59 Å². The van der Waals surface area contributed by atoms with Gasteiger partial charge >= 0.3 is 51.4 Å². The zero-order valence-electron chi connectivity index (χ0n) is 10.7. The quantitative estimate of drug-likeness (QED) is 0.527. The van der Waals surface area contributed by atoms with Gasteiger partial charge in [-0.2, -0.15) is 0 Å². The molecular formula is C13H14KN2O2-. The van der Waals surface area contributed by atoms with Crippen molar-refractivity contribution in [2.75, 3.05) is 7.05 Å². The number of rotatable bonds is 2. The maximum absolute atomic E-state index is 11.5. The van der Waals surface area contributed by atoms with E-state index in [1.54, 1.807) is 19.2 Å². The molecule has 4 nitrogen and oxygen atoms in total. The summed E-state index contributed by atoms with van der Waals surface area (Å²) in [7, 11) is 1.58. The molecule has 2 N–H and O–H groups in total. The fraction of sp³-hybridized carbons (Fsp3) is 0.308. The standard InChI is InChI=1S/C13H15N2O2.K/c1-13(12(14)17)6-9-4-3-8(11(16)15-2)5-10(9)7-13;/h3-5H,1,6-7H2,2H3,(H3,14,15,16,17);/q-1;+1/p-1. The molecule has 1 unspecified atom stereocenters. The van der Waals surface area contributed by atoms with Gasteiger partial charge in [0.2, 0.25) is 0 Å². The second-order valence-electron chi connectivity index (χ2n) is 4.53. The first-order valence-electron chi connectivity index (χ1n) is 5.41. The molecule has 0 radical (unpaired) electrons. The summed E-state index contributed by atoms with van der Waals surface area (Å²) in [5, 5.41) is 2.56. The number of hydrogen-bond acceptors (Lipinski definition) is 2. The van der Waals surface area contributed by atoms with Crippen molar-refractivity contribution >= 4 is 11.8 Å². The van der Waals surface area contributed by atoms with Crippen LogP contribution >= 0.6 is 0 Å². The third kappa shape index (κ3) is 2.86. The third-order valence-corrected chi connectivity index (χ3v) is 3.23. The Balaban J connectivity index is 0.00000162. The molecule has 90 valence electrons. The molecule has 1 atom stereocenters. The maximum Gasteiger partial charge on any atom is 1.00 e. The molecular weight excluding hydrogens is 255 g/mol. The summed E-state index contributed by atoms with van der Waals surface area (Å²) in [6, 6.07) is 5.36. The van der Waals surface area contributed by atoms with Crippen LogP contribution in [0.2, 0.25) is 0 Å². The van der Waals surface area contributed by atoms with Crippen LogP contribution in [0.1, 0.15) is 21.5 Å². The molecule has 0 heterocycles. The predicted octanol–water partition coefficient (Wildman–Crippen LogP) is -1.45. The molecule has 0 aromatic heterocycles. The summed E-state index contributed by atoms with van der Waals surface area (Å²) in [5.41, 5.74) is 8.90. The van der Waals surface area contributed by atoms with Crippen molar-refractivity contribution < 1.29 is 61.0 Å². The molecule has 0 fully saturated rings. The normalized spacial score (nSPS) is 20.8. The first-order chi connectivity index (χ1) is 7.96. The Labute approximate surface area is 149 Å². The Bertz CT molecular complexity index is 502. The number of hydrogen-bond donors (Lipinski definition) is 1. The average molecular weight is 269 g/mol. The van der Waals surface area contributed by atoms with E-state index in [2.05, 4.69) is 12.2 Å². The van der Waals surface area contributed by atoms with Crippen LogP contribution in [0.4, 0.5) is 0 Å². The van der Waals surface area contributed by atoms with E-state index in [1.807, 2.05) is 6.07 Å². The van der Waals surface area contributed by atoms with E-state index in [0.29, 0.717) is 18.4 Å². The van der Waals surface area contributed by atoms with Crippen LogP contribution in [0, 0.1) is 12.3 Å². The molecule has 5 heteroatoms. The SMILES string of the molecule is [CH2-]C1(C([NH-])=O)Cc2ccc(C(=O)NC)cc2C1.[K+]. The summed E-state index contributed by atoms with van der Waals surface area (Å²) in [6.45, 7) is 3.84. The van der Waals surface area contributed by atoms with Gasteiger partial charge in [-0.1, -0.05) is 6.07 Å². The Morgan fingerprint density at radius 3 is 2.50 bits per heavy atom. The van der Waals surface area contributed by atoms with Crippen molar-refractivity contribution in [3.8, 4) is 0 Å². The van der Waals surface area contributed by atoms with Crippen molar-refractivity contribution in [3.05, 3.63) is 47.5 Å². The minimum Gasteiger partial charge on any atom is -0.670 e. The molecule has 1 aliphatic carbocycles. The van der Waals surface area contributed by atoms with Gasteiger partial charge in [0.15, 0.2) is 0 Å². The Morgan fingerprint density at radius 1 is 1.33 bits per heavy atom. The van der Waals surface area contributed by atoms with E-state index in [-0.39, 0.29) is 57.3 Å². The van der Waals surface area contributed by atoms with Crippen LogP contribution < -0.4 is 56.7 Å². The van der Waals surface area contributed by atoms with Crippen LogP contribution in [-0.2, 0) is 17.6 Å². The van der Waals surface area contributed by atoms with Crippen LogP contribution in [0.25, 0.3) is 5.73 Å². The molecule has 1 aliphatic rings. The number of carbonyl (C=O) groups is 2. The van der Waals surface area contributed by atoms with E-state index >= 15 is 0 Å². The third-order valence-electron chi connectivity index (χ3n) is 3.23. The van der Waals surface area contributed by atoms with E-state index in [4.69, 9.17) is 5.73 Å². The molecule has 2 amide bonds. The number of nitrogens with one attached hydrogen (secondary N) is 2. The maximum atomic E-state index is 11.5. The molecule has 18 heavy (non-hydrogen) atoms. The van der Waals surface area contributed by atoms with Gasteiger partial charge in [-0.3, -0.25) is 4.79 Å². The minimum atomic E-state index is -0.871. The van der Waals surface area contributed by atoms with Crippen molar-refractivity contribution in [3.63, 3.8) is 0 Å². The van der Waals surface area contributed by atoms with Gasteiger partial charge in [0.05, 0.1) is 0 Å². The fourth-order valence-corrected chi connectivity index (χ4v) is 2.20. The van der Waals surface area contributed by atoms with Crippen molar-refractivity contribution in [2.45, 2.75) is 12.8 Å². The molecule has 0 spiro atoms. The number of carbonyl (C=O) groups excluding carboxylic acids is 2. The first kappa shape index (κ1) is 15.9. The van der Waals surface area contributed by atoms with Crippen LogP contribution in [0.3, 0.4) is 0 Å². The van der Waals surface area contributed by atoms with Gasteiger partial charge in [0.1, 0.15) is 0 Å². The fourth-order valence-electron chi connectivity index (χ4n) is 2.20. The van der Waals surface area contributed by atoms with Crippen molar-refractivity contribution in [2.24, 2.45) is 5.41 Å². The smallest absolute Gasteiger partial charge is 0.670 e. The van der Waals surface area contributed by atoms with E-state index in [1.165, 1.54) is 0 Å². The van der Waals surface area contributed by atoms with E-state index in [0.717, 1.165) is 11.1 Å². The second kappa shape index (κ2) is 5.84. The molecule has 1 aromatic rings. The van der Waals surface area contributed by atoms with Crippen LogP contribution in [0.5, 0.6) is 0 Å². The topological polar surface area (TPSA) is 70.0 Å². The summed E-state index contributed by atoms with van der Waals surface area (Å²) in [6.07, 6.45) is 0.925. The molecule has 0 aliphatic heterocycles. The largest absolute Gasteiger partial charge is 1.00 e. The van der Waals surface area contributed by atoms with Crippen LogP contribution in [0.15, 0.2) is 18.2 Å². The summed E-state index contributed by atoms with van der Waals surface area (Å²) < 4.78 is 0. The van der Waals surface area contributed by atoms with E-state index < -0.39 is 11.3 Å². The Kier molecular flexibility index (Phi) is 5.14. The van der Waals surface area contributed by atoms with Crippen molar-refractivity contribution in [1.29, 1.82) is 0 Å². The number of benzene rings is 1. The second-order valence-corrected chi connectivity index (χ2v) is 4.53. The molecule has 2 rings (SSSR count). The summed E-state index contributed by atoms with van der Waals surface area (Å²) >= 11 is 0. The zero-order chi connectivity index (χ0) is 12.6. The summed E-state index contributed by atoms with van der Waals surface area (Å²) in [5.74, 6) is -0.790. The van der Waals surface area contributed by atoms with Gasteiger partial charge < -0.3 is 22.8 Å². The Hall–Kier alpha value is -0.204. The van der Waals surface area contributed by atoms with Gasteiger partial charge in [-0.25, -0.2) is 0 Å². The van der Waals surface area contributed by atoms with Gasteiger partial charge in [0.25, 0.3) is 5.91 Å². The predicted molar refractivity (Wildman–Crippen MR) is 64.4 cm³/mol. The summed E-state index contributed by atoms with van der Waals surface area (Å²) in [4.78, 5) is 22.7. The number of amides is 2. The molecule has 0 saturated heterocycles. The van der Waals surface area contributed by atoms with Crippen molar-refractivity contribution in [1.82, 2.24) is 5.32 Å². The van der Waals surface area contributed by atoms with Crippen LogP contribution in [-0.4, -0.2) is 18.9 Å². The number of fused-ring (bicyclic) bond motifs is 1. The molecule has 1 aromatic carbocycles. The first-order valence-corrected chi connectivity index (χ1v) is 5.41. The van der Waals surface area contributed by atoms with Gasteiger partial charge in [-0.15, -0.1) is 5.41 Å². The monoisotopic (exact) mass is 269 g/mol. The van der Waals surface area contributed by atoms with Gasteiger partial charge in [0, 0.05) is 18.5 Å². The van der Waals surface area contributed by atoms with Gasteiger partial charge in [-0.05, 0) is 36.1 Å².